The summed E-state index contributed by atoms with van der Waals surface area (Å²) in [5.41, 5.74) is 1.42. The van der Waals surface area contributed by atoms with E-state index in [1.54, 1.807) is 31.4 Å². The van der Waals surface area contributed by atoms with Crippen LogP contribution in [-0.4, -0.2) is 35.9 Å². The molecule has 0 fully saturated rings. The van der Waals surface area contributed by atoms with Gasteiger partial charge in [-0.15, -0.1) is 0 Å². The Morgan fingerprint density at radius 3 is 2.62 bits per heavy atom. The van der Waals surface area contributed by atoms with Gasteiger partial charge in [-0.25, -0.2) is 14.3 Å². The third kappa shape index (κ3) is 2.03. The molecule has 3 rings (SSSR count). The molecule has 0 spiro atoms. The molecular weight excluding hydrogens is 276 g/mol. The van der Waals surface area contributed by atoms with Crippen LogP contribution in [0.5, 0.6) is 5.75 Å². The number of cyclic esters (lactones) is 1. The van der Waals surface area contributed by atoms with Crippen LogP contribution in [0.3, 0.4) is 0 Å². The molecule has 1 aliphatic rings. The smallest absolute Gasteiger partial charge is 0.359 e. The lowest BCUT2D eigenvalue weighted by atomic mass is 10.2. The maximum atomic E-state index is 11.8. The third-order valence-electron chi connectivity index (χ3n) is 3.22. The zero-order chi connectivity index (χ0) is 15.0. The van der Waals surface area contributed by atoms with Crippen molar-refractivity contribution in [3.05, 3.63) is 41.2 Å². The largest absolute Gasteiger partial charge is 0.497 e. The molecular formula is C14H12N2O5. The minimum absolute atomic E-state index is 0.0226. The molecule has 108 valence electrons. The number of hydrogen-bond acceptors (Lipinski definition) is 6. The summed E-state index contributed by atoms with van der Waals surface area (Å²) in [5.74, 6) is -0.432. The Hall–Kier alpha value is -2.83. The first-order valence-corrected chi connectivity index (χ1v) is 6.17. The normalized spacial score (nSPS) is 12.8. The van der Waals surface area contributed by atoms with Gasteiger partial charge in [0, 0.05) is 0 Å². The zero-order valence-corrected chi connectivity index (χ0v) is 11.5. The lowest BCUT2D eigenvalue weighted by Crippen LogP contribution is -2.09. The second-order valence-electron chi connectivity index (χ2n) is 4.35. The van der Waals surface area contributed by atoms with E-state index in [2.05, 4.69) is 9.84 Å². The zero-order valence-electron chi connectivity index (χ0n) is 11.5. The van der Waals surface area contributed by atoms with Crippen LogP contribution < -0.4 is 4.74 Å². The molecule has 0 radical (unpaired) electrons. The highest BCUT2D eigenvalue weighted by Gasteiger charge is 2.34. The van der Waals surface area contributed by atoms with Crippen LogP contribution in [0.2, 0.25) is 0 Å². The number of esters is 2. The lowest BCUT2D eigenvalue weighted by Gasteiger charge is -2.05. The Labute approximate surface area is 120 Å². The molecule has 0 atom stereocenters. The van der Waals surface area contributed by atoms with Crippen molar-refractivity contribution in [3.8, 4) is 11.4 Å². The molecule has 0 aliphatic carbocycles. The second kappa shape index (κ2) is 4.93. The van der Waals surface area contributed by atoms with Gasteiger partial charge in [-0.3, -0.25) is 0 Å². The highest BCUT2D eigenvalue weighted by molar-refractivity contribution is 5.98. The Morgan fingerprint density at radius 2 is 2.00 bits per heavy atom. The highest BCUT2D eigenvalue weighted by atomic mass is 16.5. The topological polar surface area (TPSA) is 79.7 Å². The van der Waals surface area contributed by atoms with Gasteiger partial charge in [0.2, 0.25) is 0 Å². The van der Waals surface area contributed by atoms with Crippen LogP contribution in [0, 0.1) is 0 Å². The Morgan fingerprint density at radius 1 is 1.29 bits per heavy atom. The molecule has 0 saturated heterocycles. The van der Waals surface area contributed by atoms with Gasteiger partial charge in [0.1, 0.15) is 12.4 Å². The third-order valence-corrected chi connectivity index (χ3v) is 3.22. The molecule has 7 nitrogen and oxygen atoms in total. The van der Waals surface area contributed by atoms with Gasteiger partial charge in [0.25, 0.3) is 0 Å². The van der Waals surface area contributed by atoms with E-state index in [9.17, 15) is 9.59 Å². The van der Waals surface area contributed by atoms with Crippen molar-refractivity contribution >= 4 is 11.9 Å². The van der Waals surface area contributed by atoms with Crippen molar-refractivity contribution in [1.29, 1.82) is 0 Å². The monoisotopic (exact) mass is 288 g/mol. The number of ether oxygens (including phenoxy) is 3. The van der Waals surface area contributed by atoms with Gasteiger partial charge in [0.15, 0.2) is 11.4 Å². The second-order valence-corrected chi connectivity index (χ2v) is 4.35. The summed E-state index contributed by atoms with van der Waals surface area (Å²) >= 11 is 0. The van der Waals surface area contributed by atoms with Crippen molar-refractivity contribution in [3.63, 3.8) is 0 Å². The number of aromatic nitrogens is 2. The van der Waals surface area contributed by atoms with Crippen LogP contribution in [0.25, 0.3) is 5.69 Å². The fraction of sp³-hybridized carbons (Fsp3) is 0.214. The standard InChI is InChI=1S/C14H12N2O5/c1-19-9-5-3-8(4-6-9)16-12-10(7-21-14(12)18)11(15-16)13(17)20-2/h3-6H,7H2,1-2H3. The van der Waals surface area contributed by atoms with Crippen molar-refractivity contribution in [2.45, 2.75) is 6.61 Å². The van der Waals surface area contributed by atoms with Crippen molar-refractivity contribution < 1.29 is 23.8 Å². The number of hydrogen-bond donors (Lipinski definition) is 0. The average Bonchev–Trinajstić information content (AvgIpc) is 3.08. The molecule has 2 aromatic rings. The van der Waals surface area contributed by atoms with Gasteiger partial charge in [-0.05, 0) is 24.3 Å². The molecule has 21 heavy (non-hydrogen) atoms. The van der Waals surface area contributed by atoms with Gasteiger partial charge in [-0.1, -0.05) is 0 Å². The summed E-state index contributed by atoms with van der Waals surface area (Å²) in [5, 5.41) is 4.18. The van der Waals surface area contributed by atoms with E-state index in [4.69, 9.17) is 9.47 Å². The summed E-state index contributed by atoms with van der Waals surface area (Å²) in [6, 6.07) is 6.94. The molecule has 1 aliphatic heterocycles. The highest BCUT2D eigenvalue weighted by Crippen LogP contribution is 2.27. The van der Waals surface area contributed by atoms with Crippen LogP contribution >= 0.6 is 0 Å². The summed E-state index contributed by atoms with van der Waals surface area (Å²) < 4.78 is 16.1. The van der Waals surface area contributed by atoms with E-state index < -0.39 is 11.9 Å². The van der Waals surface area contributed by atoms with Gasteiger partial charge in [0.05, 0.1) is 25.5 Å². The number of carbonyl (C=O) groups is 2. The number of methoxy groups -OCH3 is 2. The van der Waals surface area contributed by atoms with Gasteiger partial charge < -0.3 is 14.2 Å². The molecule has 1 aromatic heterocycles. The fourth-order valence-corrected chi connectivity index (χ4v) is 2.17. The van der Waals surface area contributed by atoms with E-state index in [1.165, 1.54) is 11.8 Å². The Bertz CT molecular complexity index is 718. The molecule has 0 unspecified atom stereocenters. The number of benzene rings is 1. The van der Waals surface area contributed by atoms with E-state index in [-0.39, 0.29) is 18.0 Å². The number of fused-ring (bicyclic) bond motifs is 1. The average molecular weight is 288 g/mol. The van der Waals surface area contributed by atoms with Crippen molar-refractivity contribution in [2.75, 3.05) is 14.2 Å². The summed E-state index contributed by atoms with van der Waals surface area (Å²) in [6.07, 6.45) is 0. The van der Waals surface area contributed by atoms with Crippen LogP contribution in [0.15, 0.2) is 24.3 Å². The Balaban J connectivity index is 2.14. The molecule has 0 bridgehead atoms. The SMILES string of the molecule is COC(=O)c1nn(-c2ccc(OC)cc2)c2c1COC2=O. The van der Waals surface area contributed by atoms with E-state index in [0.717, 1.165) is 0 Å². The molecule has 1 aromatic carbocycles. The fourth-order valence-electron chi connectivity index (χ4n) is 2.17. The maximum Gasteiger partial charge on any atom is 0.359 e. The van der Waals surface area contributed by atoms with Gasteiger partial charge in [-0.2, -0.15) is 5.10 Å². The predicted molar refractivity (Wildman–Crippen MR) is 70.6 cm³/mol. The lowest BCUT2D eigenvalue weighted by molar-refractivity contribution is 0.0509. The van der Waals surface area contributed by atoms with Crippen LogP contribution in [0.1, 0.15) is 26.5 Å². The molecule has 7 heteroatoms. The van der Waals surface area contributed by atoms with E-state index >= 15 is 0 Å². The van der Waals surface area contributed by atoms with Crippen LogP contribution in [0.4, 0.5) is 0 Å². The molecule has 2 heterocycles. The van der Waals surface area contributed by atoms with E-state index in [0.29, 0.717) is 17.0 Å². The van der Waals surface area contributed by atoms with Gasteiger partial charge >= 0.3 is 11.9 Å². The first-order chi connectivity index (χ1) is 10.2. The molecule has 0 amide bonds. The van der Waals surface area contributed by atoms with Crippen LogP contribution in [-0.2, 0) is 16.1 Å². The summed E-state index contributed by atoms with van der Waals surface area (Å²) in [6.45, 7) is 0.0226. The first-order valence-electron chi connectivity index (χ1n) is 6.17. The Kier molecular flexibility index (Phi) is 3.09. The number of rotatable bonds is 3. The van der Waals surface area contributed by atoms with Crippen molar-refractivity contribution in [1.82, 2.24) is 9.78 Å². The number of nitrogens with zero attached hydrogens (tertiary/aromatic N) is 2. The number of carbonyl (C=O) groups excluding carboxylic acids is 2. The molecule has 0 saturated carbocycles. The molecule has 0 N–H and O–H groups in total. The van der Waals surface area contributed by atoms with Crippen molar-refractivity contribution in [2.24, 2.45) is 0 Å². The summed E-state index contributed by atoms with van der Waals surface area (Å²) in [4.78, 5) is 23.6. The minimum Gasteiger partial charge on any atom is -0.497 e. The van der Waals surface area contributed by atoms with E-state index in [1.807, 2.05) is 0 Å². The maximum absolute atomic E-state index is 11.8. The summed E-state index contributed by atoms with van der Waals surface area (Å²) in [7, 11) is 2.83. The first kappa shape index (κ1) is 13.2. The quantitative estimate of drug-likeness (QED) is 0.793. The predicted octanol–water partition coefficient (Wildman–Crippen LogP) is 1.34. The minimum atomic E-state index is -0.600.